The molecular formula is C19H17F3N4O4S2. The summed E-state index contributed by atoms with van der Waals surface area (Å²) >= 11 is 0.722. The summed E-state index contributed by atoms with van der Waals surface area (Å²) in [6.45, 7) is 1.88. The Labute approximate surface area is 185 Å². The van der Waals surface area contributed by atoms with Gasteiger partial charge >= 0.3 is 6.18 Å². The number of alkyl halides is 3. The molecule has 0 unspecified atom stereocenters. The first-order valence-corrected chi connectivity index (χ1v) is 11.6. The molecule has 0 aliphatic heterocycles. The van der Waals surface area contributed by atoms with Crippen LogP contribution in [-0.2, 0) is 21.0 Å². The van der Waals surface area contributed by atoms with Crippen LogP contribution in [0, 0.1) is 0 Å². The molecule has 0 radical (unpaired) electrons. The number of anilines is 1. The van der Waals surface area contributed by atoms with E-state index in [-0.39, 0.29) is 33.8 Å². The summed E-state index contributed by atoms with van der Waals surface area (Å²) in [5, 5.41) is 2.30. The van der Waals surface area contributed by atoms with Gasteiger partial charge in [0.05, 0.1) is 16.9 Å². The van der Waals surface area contributed by atoms with Gasteiger partial charge in [-0.25, -0.2) is 23.1 Å². The number of thioether (sulfide) groups is 1. The Morgan fingerprint density at radius 1 is 1.16 bits per heavy atom. The molecule has 2 heterocycles. The van der Waals surface area contributed by atoms with Crippen LogP contribution in [-0.4, -0.2) is 36.6 Å². The average Bonchev–Trinajstić information content (AvgIpc) is 3.27. The number of aromatic nitrogens is 2. The van der Waals surface area contributed by atoms with Gasteiger partial charge in [-0.3, -0.25) is 4.79 Å². The van der Waals surface area contributed by atoms with Crippen molar-refractivity contribution in [1.29, 1.82) is 0 Å². The van der Waals surface area contributed by atoms with E-state index in [0.717, 1.165) is 17.8 Å². The molecule has 1 aromatic carbocycles. The van der Waals surface area contributed by atoms with Crippen LogP contribution < -0.4 is 10.0 Å². The van der Waals surface area contributed by atoms with Crippen molar-refractivity contribution in [2.45, 2.75) is 23.2 Å². The van der Waals surface area contributed by atoms with Crippen molar-refractivity contribution >= 4 is 33.4 Å². The maximum absolute atomic E-state index is 13.2. The molecule has 3 rings (SSSR count). The lowest BCUT2D eigenvalue weighted by atomic mass is 10.2. The summed E-state index contributed by atoms with van der Waals surface area (Å²) in [5.74, 6) is -0.661. The van der Waals surface area contributed by atoms with Crippen molar-refractivity contribution in [3.63, 3.8) is 0 Å². The lowest BCUT2D eigenvalue weighted by Crippen LogP contribution is -2.23. The maximum Gasteiger partial charge on any atom is 0.433 e. The quantitative estimate of drug-likeness (QED) is 0.368. The number of halogens is 3. The zero-order chi connectivity index (χ0) is 23.4. The molecule has 32 heavy (non-hydrogen) atoms. The molecule has 0 fully saturated rings. The van der Waals surface area contributed by atoms with Gasteiger partial charge in [0.1, 0.15) is 11.4 Å². The molecule has 0 atom stereocenters. The Kier molecular flexibility index (Phi) is 7.21. The van der Waals surface area contributed by atoms with Gasteiger partial charge in [0.2, 0.25) is 15.9 Å². The maximum atomic E-state index is 13.2. The number of sulfonamides is 1. The average molecular weight is 486 g/mol. The van der Waals surface area contributed by atoms with Crippen LogP contribution in [0.4, 0.5) is 18.9 Å². The first-order chi connectivity index (χ1) is 15.1. The molecule has 0 saturated carbocycles. The predicted molar refractivity (Wildman–Crippen MR) is 111 cm³/mol. The normalized spacial score (nSPS) is 12.0. The first-order valence-electron chi connectivity index (χ1n) is 9.11. The molecule has 170 valence electrons. The van der Waals surface area contributed by atoms with E-state index in [2.05, 4.69) is 20.0 Å². The van der Waals surface area contributed by atoms with Gasteiger partial charge < -0.3 is 9.73 Å². The zero-order valence-corrected chi connectivity index (χ0v) is 18.1. The van der Waals surface area contributed by atoms with Crippen LogP contribution in [0.1, 0.15) is 12.6 Å². The highest BCUT2D eigenvalue weighted by atomic mass is 32.2. The van der Waals surface area contributed by atoms with Gasteiger partial charge in [0, 0.05) is 12.2 Å². The molecule has 13 heteroatoms. The predicted octanol–water partition coefficient (Wildman–Crippen LogP) is 3.78. The highest BCUT2D eigenvalue weighted by molar-refractivity contribution is 7.99. The molecule has 2 N–H and O–H groups in total. The van der Waals surface area contributed by atoms with Crippen molar-refractivity contribution in [2.75, 3.05) is 17.6 Å². The Bertz CT molecular complexity index is 1180. The minimum Gasteiger partial charge on any atom is -0.463 e. The minimum absolute atomic E-state index is 0.0366. The lowest BCUT2D eigenvalue weighted by molar-refractivity contribution is -0.141. The van der Waals surface area contributed by atoms with E-state index >= 15 is 0 Å². The molecule has 1 amide bonds. The van der Waals surface area contributed by atoms with E-state index < -0.39 is 27.8 Å². The topological polar surface area (TPSA) is 114 Å². The first kappa shape index (κ1) is 23.8. The number of nitrogens with one attached hydrogen (secondary N) is 2. The summed E-state index contributed by atoms with van der Waals surface area (Å²) < 4.78 is 70.9. The SMILES string of the molecule is CCNS(=O)(=O)c1ccc(NC(=O)CSc2nc(-c3ccco3)cc(C(F)(F)F)n2)cc1. The summed E-state index contributed by atoms with van der Waals surface area (Å²) in [7, 11) is -3.62. The second-order valence-corrected chi connectivity index (χ2v) is 8.97. The van der Waals surface area contributed by atoms with Gasteiger partial charge in [-0.1, -0.05) is 18.7 Å². The molecule has 8 nitrogen and oxygen atoms in total. The van der Waals surface area contributed by atoms with Gasteiger partial charge in [0.15, 0.2) is 10.9 Å². The third-order valence-corrected chi connectivity index (χ3v) is 6.29. The molecule has 3 aromatic rings. The monoisotopic (exact) mass is 486 g/mol. The number of hydrogen-bond donors (Lipinski definition) is 2. The van der Waals surface area contributed by atoms with Crippen molar-refractivity contribution < 1.29 is 30.8 Å². The number of nitrogens with zero attached hydrogens (tertiary/aromatic N) is 2. The smallest absolute Gasteiger partial charge is 0.433 e. The van der Waals surface area contributed by atoms with Crippen LogP contribution in [0.2, 0.25) is 0 Å². The van der Waals surface area contributed by atoms with Gasteiger partial charge in [0.25, 0.3) is 0 Å². The van der Waals surface area contributed by atoms with Crippen molar-refractivity contribution in [1.82, 2.24) is 14.7 Å². The van der Waals surface area contributed by atoms with E-state index in [9.17, 15) is 26.4 Å². The molecule has 0 bridgehead atoms. The second-order valence-electron chi connectivity index (χ2n) is 6.26. The Morgan fingerprint density at radius 3 is 2.47 bits per heavy atom. The molecule has 0 aliphatic rings. The van der Waals surface area contributed by atoms with Crippen molar-refractivity contribution in [3.8, 4) is 11.5 Å². The van der Waals surface area contributed by atoms with E-state index in [1.807, 2.05) is 0 Å². The number of benzene rings is 1. The zero-order valence-electron chi connectivity index (χ0n) is 16.5. The number of amides is 1. The van der Waals surface area contributed by atoms with Crippen molar-refractivity contribution in [2.24, 2.45) is 0 Å². The van der Waals surface area contributed by atoms with E-state index in [1.165, 1.54) is 42.7 Å². The molecule has 0 saturated heterocycles. The lowest BCUT2D eigenvalue weighted by Gasteiger charge is -2.10. The highest BCUT2D eigenvalue weighted by Gasteiger charge is 2.34. The second kappa shape index (κ2) is 9.71. The van der Waals surface area contributed by atoms with Crippen molar-refractivity contribution in [3.05, 3.63) is 54.4 Å². The van der Waals surface area contributed by atoms with Gasteiger partial charge in [-0.15, -0.1) is 0 Å². The minimum atomic E-state index is -4.70. The summed E-state index contributed by atoms with van der Waals surface area (Å²) in [4.78, 5) is 19.8. The third kappa shape index (κ3) is 6.08. The Morgan fingerprint density at radius 2 is 1.88 bits per heavy atom. The fourth-order valence-electron chi connectivity index (χ4n) is 2.50. The van der Waals surface area contributed by atoms with Crippen LogP contribution >= 0.6 is 11.8 Å². The standard InChI is InChI=1S/C19H17F3N4O4S2/c1-2-23-32(28,29)13-7-5-12(6-8-13)24-17(27)11-31-18-25-14(15-4-3-9-30-15)10-16(26-18)19(20,21)22/h3-10,23H,2,11H2,1H3,(H,24,27). The largest absolute Gasteiger partial charge is 0.463 e. The van der Waals surface area contributed by atoms with Gasteiger partial charge in [-0.05, 0) is 42.5 Å². The van der Waals surface area contributed by atoms with Crippen LogP contribution in [0.5, 0.6) is 0 Å². The van der Waals surface area contributed by atoms with Crippen LogP contribution in [0.15, 0.2) is 63.2 Å². The van der Waals surface area contributed by atoms with E-state index in [0.29, 0.717) is 5.69 Å². The third-order valence-electron chi connectivity index (χ3n) is 3.88. The van der Waals surface area contributed by atoms with E-state index in [4.69, 9.17) is 4.42 Å². The fourth-order valence-corrected chi connectivity index (χ4v) is 4.20. The Balaban J connectivity index is 1.69. The molecule has 2 aromatic heterocycles. The number of furan rings is 1. The number of hydrogen-bond acceptors (Lipinski definition) is 7. The molecule has 0 spiro atoms. The fraction of sp³-hybridized carbons (Fsp3) is 0.211. The van der Waals surface area contributed by atoms with Crippen LogP contribution in [0.25, 0.3) is 11.5 Å². The molecule has 0 aliphatic carbocycles. The van der Waals surface area contributed by atoms with Gasteiger partial charge in [-0.2, -0.15) is 13.2 Å². The summed E-state index contributed by atoms with van der Waals surface area (Å²) in [5.41, 5.74) is -0.885. The summed E-state index contributed by atoms with van der Waals surface area (Å²) in [6.07, 6.45) is -3.39. The van der Waals surface area contributed by atoms with Crippen LogP contribution in [0.3, 0.4) is 0 Å². The highest BCUT2D eigenvalue weighted by Crippen LogP contribution is 2.32. The number of carbonyl (C=O) groups is 1. The number of rotatable bonds is 8. The Hall–Kier alpha value is -2.90. The number of carbonyl (C=O) groups excluding carboxylic acids is 1. The molecular weight excluding hydrogens is 469 g/mol. The summed E-state index contributed by atoms with van der Waals surface area (Å²) in [6, 6.07) is 9.21. The van der Waals surface area contributed by atoms with E-state index in [1.54, 1.807) is 6.92 Å².